The van der Waals surface area contributed by atoms with Crippen LogP contribution in [0.25, 0.3) is 0 Å². The summed E-state index contributed by atoms with van der Waals surface area (Å²) in [5, 5.41) is 2.78. The number of nitrogens with one attached hydrogen (secondary N) is 1. The highest BCUT2D eigenvalue weighted by atomic mass is 16.6. The minimum Gasteiger partial charge on any atom is -0.494 e. The topological polar surface area (TPSA) is 73.6 Å². The summed E-state index contributed by atoms with van der Waals surface area (Å²) in [7, 11) is 0. The molecule has 1 aliphatic heterocycles. The highest BCUT2D eigenvalue weighted by Gasteiger charge is 2.14. The summed E-state index contributed by atoms with van der Waals surface area (Å²) in [4.78, 5) is 11.8. The van der Waals surface area contributed by atoms with Gasteiger partial charge in [0.25, 0.3) is 5.91 Å². The lowest BCUT2D eigenvalue weighted by atomic mass is 10.1. The second kappa shape index (κ2) is 6.07. The summed E-state index contributed by atoms with van der Waals surface area (Å²) >= 11 is 0. The van der Waals surface area contributed by atoms with Gasteiger partial charge in [0, 0.05) is 13.1 Å². The lowest BCUT2D eigenvalue weighted by Crippen LogP contribution is -2.28. The minimum atomic E-state index is -0.276. The van der Waals surface area contributed by atoms with Crippen LogP contribution in [0.4, 0.5) is 0 Å². The van der Waals surface area contributed by atoms with Crippen LogP contribution in [0, 0.1) is 0 Å². The van der Waals surface area contributed by atoms with Gasteiger partial charge in [0.05, 0.1) is 0 Å². The van der Waals surface area contributed by atoms with Crippen LogP contribution in [0.1, 0.15) is 11.1 Å². The average molecular weight is 248 g/mol. The third-order valence-electron chi connectivity index (χ3n) is 2.65. The summed E-state index contributed by atoms with van der Waals surface area (Å²) < 4.78 is 10.2. The average Bonchev–Trinajstić information content (AvgIpc) is 2.46. The van der Waals surface area contributed by atoms with Gasteiger partial charge >= 0.3 is 0 Å². The molecule has 1 aliphatic rings. The van der Waals surface area contributed by atoms with Crippen LogP contribution in [0.3, 0.4) is 0 Å². The quantitative estimate of drug-likeness (QED) is 0.820. The van der Waals surface area contributed by atoms with Crippen LogP contribution in [-0.2, 0) is 27.4 Å². The zero-order valence-electron chi connectivity index (χ0n) is 10.0. The zero-order chi connectivity index (χ0) is 12.8. The monoisotopic (exact) mass is 248 g/mol. The van der Waals surface area contributed by atoms with Crippen molar-refractivity contribution < 1.29 is 14.3 Å². The summed E-state index contributed by atoms with van der Waals surface area (Å²) in [6, 6.07) is 7.73. The molecule has 1 heterocycles. The van der Waals surface area contributed by atoms with Crippen molar-refractivity contribution in [1.82, 2.24) is 5.32 Å². The second-order valence-electron chi connectivity index (χ2n) is 3.86. The molecule has 96 valence electrons. The Labute approximate surface area is 106 Å². The van der Waals surface area contributed by atoms with Gasteiger partial charge < -0.3 is 20.5 Å². The molecule has 0 fully saturated rings. The van der Waals surface area contributed by atoms with E-state index in [1.807, 2.05) is 24.3 Å². The van der Waals surface area contributed by atoms with Crippen molar-refractivity contribution in [3.05, 3.63) is 47.4 Å². The van der Waals surface area contributed by atoms with Crippen LogP contribution in [0.2, 0.25) is 0 Å². The van der Waals surface area contributed by atoms with Gasteiger partial charge in [-0.2, -0.15) is 0 Å². The first-order valence-electron chi connectivity index (χ1n) is 5.81. The molecule has 0 radical (unpaired) electrons. The smallest absolute Gasteiger partial charge is 0.289 e. The fraction of sp³-hybridized carbons (Fsp3) is 0.308. The second-order valence-corrected chi connectivity index (χ2v) is 3.86. The van der Waals surface area contributed by atoms with E-state index in [2.05, 4.69) is 5.32 Å². The van der Waals surface area contributed by atoms with Crippen LogP contribution in [0.15, 0.2) is 36.3 Å². The van der Waals surface area contributed by atoms with Crippen molar-refractivity contribution in [1.29, 1.82) is 0 Å². The van der Waals surface area contributed by atoms with Gasteiger partial charge in [-0.05, 0) is 11.1 Å². The van der Waals surface area contributed by atoms with Gasteiger partial charge in [-0.25, -0.2) is 0 Å². The first kappa shape index (κ1) is 12.4. The molecule has 1 aromatic rings. The van der Waals surface area contributed by atoms with Crippen LogP contribution in [-0.4, -0.2) is 19.1 Å². The summed E-state index contributed by atoms with van der Waals surface area (Å²) in [5.41, 5.74) is 7.66. The minimum absolute atomic E-state index is 0.214. The number of carbonyl (C=O) groups excluding carboxylic acids is 1. The molecule has 0 spiro atoms. The molecule has 2 rings (SSSR count). The molecule has 0 saturated carbocycles. The number of hydrogen-bond acceptors (Lipinski definition) is 4. The van der Waals surface area contributed by atoms with Crippen molar-refractivity contribution in [3.8, 4) is 0 Å². The van der Waals surface area contributed by atoms with E-state index in [0.29, 0.717) is 26.3 Å². The summed E-state index contributed by atoms with van der Waals surface area (Å²) in [5.74, 6) is -0.0620. The van der Waals surface area contributed by atoms with E-state index < -0.39 is 0 Å². The molecule has 0 saturated heterocycles. The Kier molecular flexibility index (Phi) is 4.20. The van der Waals surface area contributed by atoms with E-state index in [-0.39, 0.29) is 11.7 Å². The van der Waals surface area contributed by atoms with Crippen molar-refractivity contribution in [2.75, 3.05) is 13.2 Å². The Morgan fingerprint density at radius 1 is 1.28 bits per heavy atom. The number of benzene rings is 1. The first-order valence-corrected chi connectivity index (χ1v) is 5.81. The molecule has 0 bridgehead atoms. The van der Waals surface area contributed by atoms with E-state index in [1.165, 1.54) is 6.26 Å². The third kappa shape index (κ3) is 3.01. The number of ether oxygens (including phenoxy) is 2. The Bertz CT molecular complexity index is 457. The maximum atomic E-state index is 11.8. The third-order valence-corrected chi connectivity index (χ3v) is 2.65. The summed E-state index contributed by atoms with van der Waals surface area (Å²) in [6.07, 6.45) is 1.34. The zero-order valence-corrected chi connectivity index (χ0v) is 10.0. The number of carbonyl (C=O) groups is 1. The van der Waals surface area contributed by atoms with Crippen molar-refractivity contribution in [2.45, 2.75) is 13.1 Å². The van der Waals surface area contributed by atoms with E-state index in [0.717, 1.165) is 11.1 Å². The largest absolute Gasteiger partial charge is 0.494 e. The van der Waals surface area contributed by atoms with Gasteiger partial charge in [-0.1, -0.05) is 24.3 Å². The predicted molar refractivity (Wildman–Crippen MR) is 66.2 cm³/mol. The van der Waals surface area contributed by atoms with Gasteiger partial charge in [-0.3, -0.25) is 4.79 Å². The Morgan fingerprint density at radius 2 is 2.06 bits per heavy atom. The van der Waals surface area contributed by atoms with Gasteiger partial charge in [0.15, 0.2) is 0 Å². The van der Waals surface area contributed by atoms with Crippen molar-refractivity contribution in [3.63, 3.8) is 0 Å². The fourth-order valence-corrected chi connectivity index (χ4v) is 1.68. The molecular formula is C13H16N2O3. The normalized spacial score (nSPS) is 14.2. The molecule has 0 aliphatic carbocycles. The molecule has 0 aromatic heterocycles. The molecule has 0 unspecified atom stereocenters. The van der Waals surface area contributed by atoms with E-state index >= 15 is 0 Å². The van der Waals surface area contributed by atoms with Gasteiger partial charge in [0.2, 0.25) is 5.76 Å². The van der Waals surface area contributed by atoms with Gasteiger partial charge in [0.1, 0.15) is 19.5 Å². The van der Waals surface area contributed by atoms with Crippen LogP contribution in [0.5, 0.6) is 0 Å². The number of hydrogen-bond donors (Lipinski definition) is 2. The SMILES string of the molecule is NCc1ccccc1CNC(=O)C1=COCCO1. The molecule has 3 N–H and O–H groups in total. The molecule has 1 aromatic carbocycles. The molecule has 0 atom stereocenters. The number of amides is 1. The highest BCUT2D eigenvalue weighted by molar-refractivity contribution is 5.91. The Balaban J connectivity index is 1.94. The number of nitrogens with two attached hydrogens (primary N) is 1. The molecular weight excluding hydrogens is 232 g/mol. The van der Waals surface area contributed by atoms with E-state index in [9.17, 15) is 4.79 Å². The summed E-state index contributed by atoms with van der Waals surface area (Å²) in [6.45, 7) is 1.76. The Morgan fingerprint density at radius 3 is 2.72 bits per heavy atom. The highest BCUT2D eigenvalue weighted by Crippen LogP contribution is 2.09. The fourth-order valence-electron chi connectivity index (χ4n) is 1.68. The maximum Gasteiger partial charge on any atom is 0.289 e. The number of rotatable bonds is 4. The van der Waals surface area contributed by atoms with Crippen molar-refractivity contribution >= 4 is 5.91 Å². The molecule has 1 amide bonds. The lowest BCUT2D eigenvalue weighted by molar-refractivity contribution is -0.122. The van der Waals surface area contributed by atoms with E-state index in [4.69, 9.17) is 15.2 Å². The van der Waals surface area contributed by atoms with E-state index in [1.54, 1.807) is 0 Å². The van der Waals surface area contributed by atoms with Crippen molar-refractivity contribution in [2.24, 2.45) is 5.73 Å². The standard InChI is InChI=1S/C13H16N2O3/c14-7-10-3-1-2-4-11(10)8-15-13(16)12-9-17-5-6-18-12/h1-4,9H,5-8,14H2,(H,15,16). The maximum absolute atomic E-state index is 11.8. The molecule has 5 heteroatoms. The van der Waals surface area contributed by atoms with Crippen LogP contribution >= 0.6 is 0 Å². The predicted octanol–water partition coefficient (Wildman–Crippen LogP) is 0.650. The first-order chi connectivity index (χ1) is 8.81. The molecule has 18 heavy (non-hydrogen) atoms. The molecule has 5 nitrogen and oxygen atoms in total. The lowest BCUT2D eigenvalue weighted by Gasteiger charge is -2.15. The Hall–Kier alpha value is -2.01. The van der Waals surface area contributed by atoms with Crippen LogP contribution < -0.4 is 11.1 Å². The van der Waals surface area contributed by atoms with Gasteiger partial charge in [-0.15, -0.1) is 0 Å².